The molecule has 1 aromatic carbocycles. The van der Waals surface area contributed by atoms with Crippen LogP contribution < -0.4 is 5.73 Å². The standard InChI is InChI=1S/C9H11BrFNO/c10-7-3-1-2-6(9(7)13)8(11)4-5-12/h1-3,8,13H,4-5,12H2. The molecular weight excluding hydrogens is 237 g/mol. The molecule has 0 spiro atoms. The molecule has 0 aromatic heterocycles. The van der Waals surface area contributed by atoms with E-state index in [1.165, 1.54) is 0 Å². The summed E-state index contributed by atoms with van der Waals surface area (Å²) in [6, 6.07) is 4.90. The lowest BCUT2D eigenvalue weighted by Crippen LogP contribution is -2.03. The van der Waals surface area contributed by atoms with E-state index in [4.69, 9.17) is 5.73 Å². The van der Waals surface area contributed by atoms with E-state index < -0.39 is 6.17 Å². The lowest BCUT2D eigenvalue weighted by atomic mass is 10.1. The maximum Gasteiger partial charge on any atom is 0.135 e. The Morgan fingerprint density at radius 3 is 2.85 bits per heavy atom. The molecule has 2 nitrogen and oxygen atoms in total. The summed E-state index contributed by atoms with van der Waals surface area (Å²) in [5.74, 6) is -0.0385. The zero-order chi connectivity index (χ0) is 9.84. The largest absolute Gasteiger partial charge is 0.506 e. The Balaban J connectivity index is 2.93. The highest BCUT2D eigenvalue weighted by atomic mass is 79.9. The minimum atomic E-state index is -1.19. The van der Waals surface area contributed by atoms with Crippen molar-refractivity contribution < 1.29 is 9.50 Å². The fourth-order valence-corrected chi connectivity index (χ4v) is 1.47. The van der Waals surface area contributed by atoms with E-state index in [1.807, 2.05) is 0 Å². The van der Waals surface area contributed by atoms with Crippen molar-refractivity contribution >= 4 is 15.9 Å². The van der Waals surface area contributed by atoms with Crippen LogP contribution in [0.3, 0.4) is 0 Å². The molecule has 0 saturated carbocycles. The maximum atomic E-state index is 13.3. The summed E-state index contributed by atoms with van der Waals surface area (Å²) >= 11 is 3.12. The van der Waals surface area contributed by atoms with Crippen LogP contribution in [-0.2, 0) is 0 Å². The summed E-state index contributed by atoms with van der Waals surface area (Å²) in [5.41, 5.74) is 5.51. The summed E-state index contributed by atoms with van der Waals surface area (Å²) in [7, 11) is 0. The highest BCUT2D eigenvalue weighted by Gasteiger charge is 2.14. The van der Waals surface area contributed by atoms with Crippen LogP contribution in [-0.4, -0.2) is 11.7 Å². The van der Waals surface area contributed by atoms with Crippen LogP contribution in [0.1, 0.15) is 18.2 Å². The predicted molar refractivity (Wildman–Crippen MR) is 53.3 cm³/mol. The monoisotopic (exact) mass is 247 g/mol. The van der Waals surface area contributed by atoms with Crippen molar-refractivity contribution in [2.45, 2.75) is 12.6 Å². The van der Waals surface area contributed by atoms with Crippen molar-refractivity contribution in [2.24, 2.45) is 5.73 Å². The molecule has 4 heteroatoms. The van der Waals surface area contributed by atoms with Crippen LogP contribution in [0.5, 0.6) is 5.75 Å². The second-order valence-electron chi connectivity index (χ2n) is 2.72. The Bertz CT molecular complexity index is 293. The highest BCUT2D eigenvalue weighted by Crippen LogP contribution is 2.34. The zero-order valence-electron chi connectivity index (χ0n) is 7.00. The van der Waals surface area contributed by atoms with Crippen LogP contribution in [0.2, 0.25) is 0 Å². The maximum absolute atomic E-state index is 13.3. The number of phenolic OH excluding ortho intramolecular Hbond substituents is 1. The van der Waals surface area contributed by atoms with E-state index in [-0.39, 0.29) is 18.7 Å². The fourth-order valence-electron chi connectivity index (χ4n) is 1.09. The Morgan fingerprint density at radius 1 is 1.54 bits per heavy atom. The minimum absolute atomic E-state index is 0.0385. The molecule has 0 aliphatic carbocycles. The van der Waals surface area contributed by atoms with Gasteiger partial charge < -0.3 is 10.8 Å². The lowest BCUT2D eigenvalue weighted by molar-refractivity contribution is 0.315. The summed E-state index contributed by atoms with van der Waals surface area (Å²) in [6.07, 6.45) is -0.966. The number of phenols is 1. The van der Waals surface area contributed by atoms with Crippen LogP contribution >= 0.6 is 15.9 Å². The molecule has 13 heavy (non-hydrogen) atoms. The van der Waals surface area contributed by atoms with Crippen LogP contribution in [0.4, 0.5) is 4.39 Å². The molecule has 0 saturated heterocycles. The van der Waals surface area contributed by atoms with Crippen molar-refractivity contribution in [3.63, 3.8) is 0 Å². The number of halogens is 2. The fraction of sp³-hybridized carbons (Fsp3) is 0.333. The van der Waals surface area contributed by atoms with Gasteiger partial charge in [0, 0.05) is 5.56 Å². The molecule has 0 bridgehead atoms. The van der Waals surface area contributed by atoms with E-state index in [1.54, 1.807) is 18.2 Å². The average Bonchev–Trinajstić information content (AvgIpc) is 2.10. The predicted octanol–water partition coefficient (Wildman–Crippen LogP) is 2.51. The van der Waals surface area contributed by atoms with E-state index >= 15 is 0 Å². The molecule has 3 N–H and O–H groups in total. The van der Waals surface area contributed by atoms with Gasteiger partial charge in [-0.15, -0.1) is 0 Å². The molecule has 0 amide bonds. The van der Waals surface area contributed by atoms with Crippen molar-refractivity contribution in [1.82, 2.24) is 0 Å². The number of alkyl halides is 1. The van der Waals surface area contributed by atoms with Crippen molar-refractivity contribution in [3.8, 4) is 5.75 Å². The normalized spacial score (nSPS) is 12.8. The minimum Gasteiger partial charge on any atom is -0.506 e. The molecule has 0 heterocycles. The van der Waals surface area contributed by atoms with E-state index in [0.717, 1.165) is 0 Å². The first kappa shape index (κ1) is 10.5. The zero-order valence-corrected chi connectivity index (χ0v) is 8.59. The number of aromatic hydroxyl groups is 1. The molecule has 1 rings (SSSR count). The summed E-state index contributed by atoms with van der Waals surface area (Å²) in [4.78, 5) is 0. The van der Waals surface area contributed by atoms with E-state index in [0.29, 0.717) is 10.0 Å². The summed E-state index contributed by atoms with van der Waals surface area (Å²) in [6.45, 7) is 0.271. The van der Waals surface area contributed by atoms with Crippen molar-refractivity contribution in [3.05, 3.63) is 28.2 Å². The molecule has 1 atom stereocenters. The molecule has 1 unspecified atom stereocenters. The van der Waals surface area contributed by atoms with Gasteiger partial charge in [0.25, 0.3) is 0 Å². The molecule has 0 radical (unpaired) electrons. The van der Waals surface area contributed by atoms with Crippen molar-refractivity contribution in [2.75, 3.05) is 6.54 Å². The van der Waals surface area contributed by atoms with Crippen LogP contribution in [0.25, 0.3) is 0 Å². The van der Waals surface area contributed by atoms with Gasteiger partial charge in [-0.25, -0.2) is 4.39 Å². The Hall–Kier alpha value is -0.610. The van der Waals surface area contributed by atoms with Gasteiger partial charge in [0.2, 0.25) is 0 Å². The number of benzene rings is 1. The first-order valence-corrected chi connectivity index (χ1v) is 4.77. The average molecular weight is 248 g/mol. The topological polar surface area (TPSA) is 46.2 Å². The molecule has 0 aliphatic heterocycles. The molecule has 0 fully saturated rings. The molecular formula is C9H11BrFNO. The van der Waals surface area contributed by atoms with Gasteiger partial charge in [0.1, 0.15) is 11.9 Å². The van der Waals surface area contributed by atoms with Gasteiger partial charge in [0.05, 0.1) is 4.47 Å². The number of rotatable bonds is 3. The first-order chi connectivity index (χ1) is 6.16. The Labute approximate surface area is 84.7 Å². The highest BCUT2D eigenvalue weighted by molar-refractivity contribution is 9.10. The van der Waals surface area contributed by atoms with Gasteiger partial charge in [-0.05, 0) is 35.0 Å². The molecule has 1 aromatic rings. The first-order valence-electron chi connectivity index (χ1n) is 3.98. The molecule has 0 aliphatic rings. The van der Waals surface area contributed by atoms with Gasteiger partial charge in [-0.3, -0.25) is 0 Å². The Morgan fingerprint density at radius 2 is 2.23 bits per heavy atom. The van der Waals surface area contributed by atoms with Gasteiger partial charge in [-0.2, -0.15) is 0 Å². The Kier molecular flexibility index (Phi) is 3.69. The summed E-state index contributed by atoms with van der Waals surface area (Å²) < 4.78 is 13.8. The van der Waals surface area contributed by atoms with E-state index in [9.17, 15) is 9.50 Å². The van der Waals surface area contributed by atoms with Gasteiger partial charge in [-0.1, -0.05) is 12.1 Å². The quantitative estimate of drug-likeness (QED) is 0.863. The SMILES string of the molecule is NCCC(F)c1cccc(Br)c1O. The smallest absolute Gasteiger partial charge is 0.135 e. The second kappa shape index (κ2) is 4.58. The van der Waals surface area contributed by atoms with Crippen molar-refractivity contribution in [1.29, 1.82) is 0 Å². The number of hydrogen-bond donors (Lipinski definition) is 2. The van der Waals surface area contributed by atoms with Crippen LogP contribution in [0, 0.1) is 0 Å². The number of hydrogen-bond acceptors (Lipinski definition) is 2. The third-order valence-electron chi connectivity index (χ3n) is 1.78. The van der Waals surface area contributed by atoms with Crippen LogP contribution in [0.15, 0.2) is 22.7 Å². The second-order valence-corrected chi connectivity index (χ2v) is 3.58. The number of para-hydroxylation sites is 1. The molecule has 72 valence electrons. The van der Waals surface area contributed by atoms with Gasteiger partial charge >= 0.3 is 0 Å². The third kappa shape index (κ3) is 2.42. The lowest BCUT2D eigenvalue weighted by Gasteiger charge is -2.09. The van der Waals surface area contributed by atoms with E-state index in [2.05, 4.69) is 15.9 Å². The van der Waals surface area contributed by atoms with Gasteiger partial charge in [0.15, 0.2) is 0 Å². The third-order valence-corrected chi connectivity index (χ3v) is 2.42. The number of nitrogens with two attached hydrogens (primary N) is 1. The summed E-state index contributed by atoms with van der Waals surface area (Å²) in [5, 5.41) is 9.47.